The average Bonchev–Trinajstić information content (AvgIpc) is 2.72. The van der Waals surface area contributed by atoms with Crippen LogP contribution in [0, 0.1) is 5.92 Å². The number of aromatic nitrogens is 3. The first-order valence-corrected chi connectivity index (χ1v) is 5.69. The van der Waals surface area contributed by atoms with Gasteiger partial charge < -0.3 is 5.32 Å². The lowest BCUT2D eigenvalue weighted by atomic mass is 10.2. The maximum Gasteiger partial charge on any atom is 0.223 e. The Morgan fingerprint density at radius 2 is 2.06 bits per heavy atom. The molecule has 1 atom stereocenters. The van der Waals surface area contributed by atoms with Crippen molar-refractivity contribution >= 4 is 11.6 Å². The van der Waals surface area contributed by atoms with Crippen LogP contribution in [0.25, 0.3) is 5.65 Å². The van der Waals surface area contributed by atoms with Gasteiger partial charge in [0.2, 0.25) is 5.91 Å². The van der Waals surface area contributed by atoms with Crippen LogP contribution in [0.2, 0.25) is 0 Å². The Kier molecular flexibility index (Phi) is 3.08. The summed E-state index contributed by atoms with van der Waals surface area (Å²) in [6.45, 7) is 5.64. The van der Waals surface area contributed by atoms with E-state index in [2.05, 4.69) is 15.5 Å². The lowest BCUT2D eigenvalue weighted by molar-refractivity contribution is -0.124. The minimum Gasteiger partial charge on any atom is -0.346 e. The Labute approximate surface area is 99.9 Å². The summed E-state index contributed by atoms with van der Waals surface area (Å²) in [6, 6.07) is 5.55. The number of nitrogens with one attached hydrogen (secondary N) is 1. The Morgan fingerprint density at radius 3 is 2.76 bits per heavy atom. The minimum atomic E-state index is -0.151. The second kappa shape index (κ2) is 4.53. The van der Waals surface area contributed by atoms with E-state index in [1.54, 1.807) is 0 Å². The molecule has 5 heteroatoms. The number of carbonyl (C=O) groups is 1. The maximum absolute atomic E-state index is 11.6. The quantitative estimate of drug-likeness (QED) is 0.873. The fourth-order valence-electron chi connectivity index (χ4n) is 1.60. The van der Waals surface area contributed by atoms with Gasteiger partial charge in [-0.15, -0.1) is 10.2 Å². The molecule has 1 N–H and O–H groups in total. The minimum absolute atomic E-state index is 0.0187. The van der Waals surface area contributed by atoms with Crippen LogP contribution in [0.1, 0.15) is 32.6 Å². The third-order valence-corrected chi connectivity index (χ3v) is 2.61. The second-order valence-electron chi connectivity index (χ2n) is 4.37. The molecule has 0 fully saturated rings. The number of amides is 1. The Morgan fingerprint density at radius 1 is 1.29 bits per heavy atom. The number of nitrogens with zero attached hydrogens (tertiary/aromatic N) is 3. The third-order valence-electron chi connectivity index (χ3n) is 2.61. The van der Waals surface area contributed by atoms with Gasteiger partial charge >= 0.3 is 0 Å². The van der Waals surface area contributed by atoms with E-state index in [1.165, 1.54) is 0 Å². The Bertz CT molecular complexity index is 532. The van der Waals surface area contributed by atoms with Gasteiger partial charge in [0.05, 0.1) is 6.04 Å². The van der Waals surface area contributed by atoms with Gasteiger partial charge in [-0.1, -0.05) is 19.9 Å². The highest BCUT2D eigenvalue weighted by Gasteiger charge is 2.16. The van der Waals surface area contributed by atoms with E-state index in [-0.39, 0.29) is 17.9 Å². The van der Waals surface area contributed by atoms with Crippen LogP contribution in [0.5, 0.6) is 0 Å². The van der Waals surface area contributed by atoms with Gasteiger partial charge in [-0.05, 0) is 19.1 Å². The van der Waals surface area contributed by atoms with Crippen molar-refractivity contribution in [2.45, 2.75) is 26.8 Å². The van der Waals surface area contributed by atoms with Crippen molar-refractivity contribution in [1.82, 2.24) is 19.9 Å². The van der Waals surface area contributed by atoms with Crippen LogP contribution in [-0.4, -0.2) is 20.5 Å². The first-order valence-electron chi connectivity index (χ1n) is 5.69. The van der Waals surface area contributed by atoms with Crippen molar-refractivity contribution in [3.63, 3.8) is 0 Å². The van der Waals surface area contributed by atoms with E-state index < -0.39 is 0 Å². The number of carbonyl (C=O) groups excluding carboxylic acids is 1. The van der Waals surface area contributed by atoms with Gasteiger partial charge in [-0.3, -0.25) is 9.20 Å². The monoisotopic (exact) mass is 232 g/mol. The van der Waals surface area contributed by atoms with E-state index in [0.717, 1.165) is 11.5 Å². The number of rotatable bonds is 3. The third kappa shape index (κ3) is 2.27. The molecule has 0 radical (unpaired) electrons. The van der Waals surface area contributed by atoms with Crippen molar-refractivity contribution in [2.75, 3.05) is 0 Å². The van der Waals surface area contributed by atoms with Crippen molar-refractivity contribution in [3.05, 3.63) is 30.2 Å². The summed E-state index contributed by atoms with van der Waals surface area (Å²) < 4.78 is 1.88. The van der Waals surface area contributed by atoms with E-state index in [4.69, 9.17) is 0 Å². The van der Waals surface area contributed by atoms with Crippen LogP contribution in [0.3, 0.4) is 0 Å². The van der Waals surface area contributed by atoms with Crippen LogP contribution >= 0.6 is 0 Å². The summed E-state index contributed by atoms with van der Waals surface area (Å²) in [5, 5.41) is 11.1. The fraction of sp³-hybridized carbons (Fsp3) is 0.417. The number of fused-ring (bicyclic) bond motifs is 1. The van der Waals surface area contributed by atoms with Crippen LogP contribution < -0.4 is 5.32 Å². The number of pyridine rings is 1. The normalized spacial score (nSPS) is 12.9. The van der Waals surface area contributed by atoms with Crippen LogP contribution in [0.15, 0.2) is 24.4 Å². The molecular formula is C12H16N4O. The van der Waals surface area contributed by atoms with Crippen LogP contribution in [0.4, 0.5) is 0 Å². The molecule has 1 unspecified atom stereocenters. The first kappa shape index (κ1) is 11.6. The molecule has 0 bridgehead atoms. The number of hydrogen-bond acceptors (Lipinski definition) is 3. The molecule has 0 saturated carbocycles. The summed E-state index contributed by atoms with van der Waals surface area (Å²) in [5.74, 6) is 0.733. The van der Waals surface area contributed by atoms with Crippen molar-refractivity contribution < 1.29 is 4.79 Å². The van der Waals surface area contributed by atoms with Crippen LogP contribution in [-0.2, 0) is 4.79 Å². The maximum atomic E-state index is 11.6. The van der Waals surface area contributed by atoms with Gasteiger partial charge in [-0.25, -0.2) is 0 Å². The summed E-state index contributed by atoms with van der Waals surface area (Å²) in [7, 11) is 0. The van der Waals surface area contributed by atoms with E-state index in [0.29, 0.717) is 0 Å². The standard InChI is InChI=1S/C12H16N4O/c1-8(2)12(17)13-9(3)11-15-14-10-6-4-5-7-16(10)11/h4-9H,1-3H3,(H,13,17). The van der Waals surface area contributed by atoms with Gasteiger partial charge in [-0.2, -0.15) is 0 Å². The van der Waals surface area contributed by atoms with Crippen molar-refractivity contribution in [3.8, 4) is 0 Å². The molecule has 17 heavy (non-hydrogen) atoms. The highest BCUT2D eigenvalue weighted by Crippen LogP contribution is 2.12. The lowest BCUT2D eigenvalue weighted by Crippen LogP contribution is -2.31. The lowest BCUT2D eigenvalue weighted by Gasteiger charge is -2.13. The molecule has 0 aliphatic heterocycles. The predicted octanol–water partition coefficient (Wildman–Crippen LogP) is 1.56. The molecule has 0 aliphatic rings. The molecule has 2 aromatic heterocycles. The summed E-state index contributed by atoms with van der Waals surface area (Å²) in [4.78, 5) is 11.6. The van der Waals surface area contributed by atoms with Gasteiger partial charge in [0, 0.05) is 12.1 Å². The SMILES string of the molecule is CC(C)C(=O)NC(C)c1nnc2ccccn12. The van der Waals surface area contributed by atoms with Gasteiger partial charge in [0.1, 0.15) is 0 Å². The van der Waals surface area contributed by atoms with Gasteiger partial charge in [0.15, 0.2) is 11.5 Å². The molecule has 5 nitrogen and oxygen atoms in total. The van der Waals surface area contributed by atoms with Crippen molar-refractivity contribution in [1.29, 1.82) is 0 Å². The molecule has 2 rings (SSSR count). The summed E-state index contributed by atoms with van der Waals surface area (Å²) in [6.07, 6.45) is 1.89. The highest BCUT2D eigenvalue weighted by atomic mass is 16.1. The fourth-order valence-corrected chi connectivity index (χ4v) is 1.60. The molecule has 0 saturated heterocycles. The molecule has 1 amide bonds. The number of hydrogen-bond donors (Lipinski definition) is 1. The van der Waals surface area contributed by atoms with E-state index in [9.17, 15) is 4.79 Å². The molecule has 2 heterocycles. The van der Waals surface area contributed by atoms with E-state index >= 15 is 0 Å². The topological polar surface area (TPSA) is 59.3 Å². The molecule has 2 aromatic rings. The zero-order valence-electron chi connectivity index (χ0n) is 10.2. The molecule has 90 valence electrons. The Hall–Kier alpha value is -1.91. The van der Waals surface area contributed by atoms with Gasteiger partial charge in [0.25, 0.3) is 0 Å². The molecule has 0 aromatic carbocycles. The zero-order valence-corrected chi connectivity index (χ0v) is 10.2. The molecule has 0 aliphatic carbocycles. The zero-order chi connectivity index (χ0) is 12.4. The second-order valence-corrected chi connectivity index (χ2v) is 4.37. The first-order chi connectivity index (χ1) is 8.09. The van der Waals surface area contributed by atoms with Crippen molar-refractivity contribution in [2.24, 2.45) is 5.92 Å². The molecule has 0 spiro atoms. The predicted molar refractivity (Wildman–Crippen MR) is 64.4 cm³/mol. The summed E-state index contributed by atoms with van der Waals surface area (Å²) >= 11 is 0. The highest BCUT2D eigenvalue weighted by molar-refractivity contribution is 5.78. The smallest absolute Gasteiger partial charge is 0.223 e. The summed E-state index contributed by atoms with van der Waals surface area (Å²) in [5.41, 5.74) is 0.785. The largest absolute Gasteiger partial charge is 0.346 e. The Balaban J connectivity index is 2.25. The van der Waals surface area contributed by atoms with E-state index in [1.807, 2.05) is 49.6 Å². The average molecular weight is 232 g/mol. The molecular weight excluding hydrogens is 216 g/mol.